The number of nitrogens with zero attached hydrogens (tertiary/aromatic N) is 1. The summed E-state index contributed by atoms with van der Waals surface area (Å²) in [6, 6.07) is 6.66. The molecule has 5 N–H and O–H groups in total. The van der Waals surface area contributed by atoms with Gasteiger partial charge in [0.15, 0.2) is 0 Å². The van der Waals surface area contributed by atoms with Crippen LogP contribution in [0.5, 0.6) is 0 Å². The van der Waals surface area contributed by atoms with Crippen LogP contribution in [0.2, 0.25) is 0 Å². The molecule has 0 aliphatic carbocycles. The molecule has 6 nitrogen and oxygen atoms in total. The van der Waals surface area contributed by atoms with Crippen LogP contribution in [0.15, 0.2) is 24.3 Å². The second-order valence-electron chi connectivity index (χ2n) is 4.77. The van der Waals surface area contributed by atoms with Crippen molar-refractivity contribution in [2.45, 2.75) is 12.5 Å². The fraction of sp³-hybridized carbons (Fsp3) is 0.385. The maximum absolute atomic E-state index is 11.8. The van der Waals surface area contributed by atoms with Crippen LogP contribution in [0.1, 0.15) is 16.8 Å². The Bertz CT molecular complexity index is 472. The van der Waals surface area contributed by atoms with Gasteiger partial charge >= 0.3 is 0 Å². The first-order chi connectivity index (χ1) is 9.04. The molecule has 2 rings (SSSR count). The molecular formula is C13H18N4O2. The number of benzene rings is 1. The summed E-state index contributed by atoms with van der Waals surface area (Å²) < 4.78 is 0. The normalized spacial score (nSPS) is 19.3. The van der Waals surface area contributed by atoms with Crippen LogP contribution in [-0.2, 0) is 4.79 Å². The van der Waals surface area contributed by atoms with E-state index in [1.807, 2.05) is 4.90 Å². The highest BCUT2D eigenvalue weighted by Crippen LogP contribution is 2.10. The van der Waals surface area contributed by atoms with E-state index < -0.39 is 5.91 Å². The Morgan fingerprint density at radius 2 is 2.00 bits per heavy atom. The standard InChI is InChI=1S/C13H18N4O2/c14-10-5-6-17(7-10)8-12(18)16-11-3-1-9(2-4-11)13(15)19/h1-4,10H,5-8,14H2,(H2,15,19)(H,16,18)/t10-/m0/s1. The van der Waals surface area contributed by atoms with Crippen LogP contribution in [0.25, 0.3) is 0 Å². The van der Waals surface area contributed by atoms with E-state index in [-0.39, 0.29) is 11.9 Å². The van der Waals surface area contributed by atoms with Crippen molar-refractivity contribution in [3.05, 3.63) is 29.8 Å². The van der Waals surface area contributed by atoms with Crippen molar-refractivity contribution in [2.24, 2.45) is 11.5 Å². The van der Waals surface area contributed by atoms with Crippen LogP contribution in [0.3, 0.4) is 0 Å². The first-order valence-electron chi connectivity index (χ1n) is 6.22. The van der Waals surface area contributed by atoms with Gasteiger partial charge in [-0.2, -0.15) is 0 Å². The van der Waals surface area contributed by atoms with Gasteiger partial charge in [-0.15, -0.1) is 0 Å². The predicted molar refractivity (Wildman–Crippen MR) is 72.6 cm³/mol. The molecule has 0 unspecified atom stereocenters. The van der Waals surface area contributed by atoms with E-state index in [0.717, 1.165) is 19.5 Å². The Morgan fingerprint density at radius 1 is 1.32 bits per heavy atom. The number of hydrogen-bond donors (Lipinski definition) is 3. The summed E-state index contributed by atoms with van der Waals surface area (Å²) >= 11 is 0. The summed E-state index contributed by atoms with van der Waals surface area (Å²) in [5.41, 5.74) is 12.0. The fourth-order valence-corrected chi connectivity index (χ4v) is 2.13. The molecule has 1 heterocycles. The second kappa shape index (κ2) is 5.81. The highest BCUT2D eigenvalue weighted by Gasteiger charge is 2.20. The molecule has 0 spiro atoms. The summed E-state index contributed by atoms with van der Waals surface area (Å²) in [4.78, 5) is 24.7. The van der Waals surface area contributed by atoms with Crippen molar-refractivity contribution < 1.29 is 9.59 Å². The monoisotopic (exact) mass is 262 g/mol. The minimum absolute atomic E-state index is 0.0825. The number of amides is 2. The van der Waals surface area contributed by atoms with Gasteiger partial charge in [0.1, 0.15) is 0 Å². The van der Waals surface area contributed by atoms with Crippen LogP contribution < -0.4 is 16.8 Å². The molecule has 0 radical (unpaired) electrons. The van der Waals surface area contributed by atoms with Crippen LogP contribution in [0, 0.1) is 0 Å². The first kappa shape index (κ1) is 13.5. The van der Waals surface area contributed by atoms with E-state index in [9.17, 15) is 9.59 Å². The van der Waals surface area contributed by atoms with Gasteiger partial charge in [-0.1, -0.05) is 0 Å². The molecule has 1 aromatic rings. The van der Waals surface area contributed by atoms with Crippen molar-refractivity contribution in [3.8, 4) is 0 Å². The van der Waals surface area contributed by atoms with Gasteiger partial charge in [-0.05, 0) is 30.7 Å². The fourth-order valence-electron chi connectivity index (χ4n) is 2.13. The number of carbonyl (C=O) groups is 2. The Morgan fingerprint density at radius 3 is 2.53 bits per heavy atom. The highest BCUT2D eigenvalue weighted by molar-refractivity contribution is 5.95. The van der Waals surface area contributed by atoms with E-state index in [1.165, 1.54) is 0 Å². The SMILES string of the molecule is NC(=O)c1ccc(NC(=O)CN2CC[C@H](N)C2)cc1. The molecule has 1 aromatic carbocycles. The molecule has 0 saturated carbocycles. The topological polar surface area (TPSA) is 101 Å². The van der Waals surface area contributed by atoms with Gasteiger partial charge in [0.25, 0.3) is 0 Å². The van der Waals surface area contributed by atoms with Gasteiger partial charge < -0.3 is 16.8 Å². The van der Waals surface area contributed by atoms with Gasteiger partial charge in [0.05, 0.1) is 6.54 Å². The third-order valence-corrected chi connectivity index (χ3v) is 3.13. The smallest absolute Gasteiger partial charge is 0.248 e. The Labute approximate surface area is 111 Å². The number of nitrogens with two attached hydrogens (primary N) is 2. The molecule has 1 saturated heterocycles. The van der Waals surface area contributed by atoms with E-state index >= 15 is 0 Å². The second-order valence-corrected chi connectivity index (χ2v) is 4.77. The number of nitrogens with one attached hydrogen (secondary N) is 1. The van der Waals surface area contributed by atoms with Crippen molar-refractivity contribution in [3.63, 3.8) is 0 Å². The average molecular weight is 262 g/mol. The molecule has 0 bridgehead atoms. The average Bonchev–Trinajstić information content (AvgIpc) is 2.75. The first-order valence-corrected chi connectivity index (χ1v) is 6.22. The predicted octanol–water partition coefficient (Wildman–Crippen LogP) is -0.243. The lowest BCUT2D eigenvalue weighted by Crippen LogP contribution is -2.33. The summed E-state index contributed by atoms with van der Waals surface area (Å²) in [5.74, 6) is -0.565. The molecule has 19 heavy (non-hydrogen) atoms. The van der Waals surface area contributed by atoms with Crippen LogP contribution in [-0.4, -0.2) is 42.4 Å². The Hall–Kier alpha value is -1.92. The van der Waals surface area contributed by atoms with Crippen LogP contribution >= 0.6 is 0 Å². The highest BCUT2D eigenvalue weighted by atomic mass is 16.2. The van der Waals surface area contributed by atoms with Crippen molar-refractivity contribution in [1.82, 2.24) is 4.90 Å². The largest absolute Gasteiger partial charge is 0.366 e. The molecule has 1 fully saturated rings. The number of rotatable bonds is 4. The number of hydrogen-bond acceptors (Lipinski definition) is 4. The van der Waals surface area contributed by atoms with Gasteiger partial charge in [-0.25, -0.2) is 0 Å². The maximum atomic E-state index is 11.8. The molecule has 6 heteroatoms. The van der Waals surface area contributed by atoms with Gasteiger partial charge in [-0.3, -0.25) is 14.5 Å². The Kier molecular flexibility index (Phi) is 4.13. The third-order valence-electron chi connectivity index (χ3n) is 3.13. The number of anilines is 1. The van der Waals surface area contributed by atoms with Gasteiger partial charge in [0.2, 0.25) is 11.8 Å². The Balaban J connectivity index is 1.86. The number of likely N-dealkylation sites (tertiary alicyclic amines) is 1. The lowest BCUT2D eigenvalue weighted by atomic mass is 10.2. The summed E-state index contributed by atoms with van der Waals surface area (Å²) in [5, 5.41) is 2.78. The number of carbonyl (C=O) groups excluding carboxylic acids is 2. The number of primary amides is 1. The zero-order valence-corrected chi connectivity index (χ0v) is 10.6. The van der Waals surface area contributed by atoms with E-state index in [2.05, 4.69) is 5.32 Å². The van der Waals surface area contributed by atoms with E-state index in [1.54, 1.807) is 24.3 Å². The molecule has 1 aliphatic rings. The summed E-state index contributed by atoms with van der Waals surface area (Å²) in [7, 11) is 0. The lowest BCUT2D eigenvalue weighted by Gasteiger charge is -2.14. The zero-order valence-electron chi connectivity index (χ0n) is 10.6. The van der Waals surface area contributed by atoms with E-state index in [0.29, 0.717) is 17.8 Å². The van der Waals surface area contributed by atoms with Crippen molar-refractivity contribution in [2.75, 3.05) is 25.0 Å². The molecule has 0 aromatic heterocycles. The molecular weight excluding hydrogens is 244 g/mol. The van der Waals surface area contributed by atoms with Gasteiger partial charge in [0, 0.05) is 30.4 Å². The molecule has 2 amide bonds. The quantitative estimate of drug-likeness (QED) is 0.696. The zero-order chi connectivity index (χ0) is 13.8. The maximum Gasteiger partial charge on any atom is 0.248 e. The van der Waals surface area contributed by atoms with E-state index in [4.69, 9.17) is 11.5 Å². The molecule has 1 aliphatic heterocycles. The minimum Gasteiger partial charge on any atom is -0.366 e. The van der Waals surface area contributed by atoms with Crippen LogP contribution in [0.4, 0.5) is 5.69 Å². The molecule has 1 atom stereocenters. The summed E-state index contributed by atoms with van der Waals surface area (Å²) in [6.07, 6.45) is 0.931. The lowest BCUT2D eigenvalue weighted by molar-refractivity contribution is -0.117. The molecule has 102 valence electrons. The minimum atomic E-state index is -0.482. The van der Waals surface area contributed by atoms with Crippen molar-refractivity contribution >= 4 is 17.5 Å². The third kappa shape index (κ3) is 3.77. The summed E-state index contributed by atoms with van der Waals surface area (Å²) in [6.45, 7) is 1.95. The van der Waals surface area contributed by atoms with Crippen molar-refractivity contribution in [1.29, 1.82) is 0 Å².